The summed E-state index contributed by atoms with van der Waals surface area (Å²) in [5, 5.41) is 0. The van der Waals surface area contributed by atoms with Crippen LogP contribution in [0, 0.1) is 10.8 Å². The van der Waals surface area contributed by atoms with Crippen molar-refractivity contribution in [1.29, 1.82) is 0 Å². The second-order valence-corrected chi connectivity index (χ2v) is 8.36. The Kier molecular flexibility index (Phi) is 2.27. The molecule has 4 atom stereocenters. The number of rotatable bonds is 2. The van der Waals surface area contributed by atoms with Crippen LogP contribution in [-0.2, 0) is 6.54 Å². The minimum Gasteiger partial charge on any atom is -0.287 e. The third-order valence-corrected chi connectivity index (χ3v) is 5.56. The van der Waals surface area contributed by atoms with E-state index in [1.807, 2.05) is 4.90 Å². The van der Waals surface area contributed by atoms with E-state index in [9.17, 15) is 0 Å². The summed E-state index contributed by atoms with van der Waals surface area (Å²) in [4.78, 5) is 1.87. The summed E-state index contributed by atoms with van der Waals surface area (Å²) in [6.45, 7) is 13.3. The van der Waals surface area contributed by atoms with E-state index in [2.05, 4.69) is 44.2 Å². The number of quaternary nitrogens is 2. The van der Waals surface area contributed by atoms with Gasteiger partial charge >= 0.3 is 0 Å². The molecule has 1 N–H and O–H groups in total. The zero-order chi connectivity index (χ0) is 13.1. The molecule has 4 aliphatic heterocycles. The molecule has 102 valence electrons. The molecule has 2 nitrogen and oxygen atoms in total. The topological polar surface area (TPSA) is 4.44 Å². The van der Waals surface area contributed by atoms with Crippen LogP contribution >= 0.6 is 0 Å². The Bertz CT molecular complexity index is 477. The minimum absolute atomic E-state index is 0.591. The molecule has 4 aliphatic rings. The normalized spacial score (nSPS) is 47.6. The lowest BCUT2D eigenvalue weighted by molar-refractivity contribution is -1.15. The van der Waals surface area contributed by atoms with Crippen LogP contribution in [0.4, 0.5) is 0 Å². The average Bonchev–Trinajstić information content (AvgIpc) is 2.24. The molecule has 0 aromatic heterocycles. The van der Waals surface area contributed by atoms with Gasteiger partial charge in [0, 0.05) is 5.56 Å². The lowest BCUT2D eigenvalue weighted by atomic mass is 9.63. The maximum Gasteiger partial charge on any atom is 0.206 e. The van der Waals surface area contributed by atoms with E-state index < -0.39 is 0 Å². The number of hydrogen-bond donors (Lipinski definition) is 1. The van der Waals surface area contributed by atoms with E-state index in [1.54, 1.807) is 0 Å². The van der Waals surface area contributed by atoms with Crippen LogP contribution in [0.25, 0.3) is 0 Å². The monoisotopic (exact) mass is 258 g/mol. The van der Waals surface area contributed by atoms with Gasteiger partial charge in [-0.15, -0.1) is 0 Å². The molecule has 2 heteroatoms. The first-order chi connectivity index (χ1) is 8.99. The van der Waals surface area contributed by atoms with E-state index in [0.717, 1.165) is 0 Å². The van der Waals surface area contributed by atoms with Gasteiger partial charge in [0.05, 0.1) is 37.0 Å². The third-order valence-electron chi connectivity index (χ3n) is 5.56. The quantitative estimate of drug-likeness (QED) is 0.763. The minimum atomic E-state index is 0.591. The first kappa shape index (κ1) is 11.9. The standard InChI is InChI=1S/C17H25N2/c1-16-9-17(2)11-18(10-16)14-19(12-16,13-17)8-15-6-4-3-5-7-15/h3-7H,8-14H2,1-2H3/q+1/p+1/t16-,17+,19?. The molecular formula is C17H26N2+2. The van der Waals surface area contributed by atoms with Crippen molar-refractivity contribution in [3.63, 3.8) is 0 Å². The van der Waals surface area contributed by atoms with Gasteiger partial charge in [-0.05, 0) is 20.3 Å². The van der Waals surface area contributed by atoms with Crippen LogP contribution in [0.15, 0.2) is 30.3 Å². The van der Waals surface area contributed by atoms with Gasteiger partial charge in [0.15, 0.2) is 0 Å². The number of hydrogen-bond acceptors (Lipinski definition) is 0. The Balaban J connectivity index is 1.67. The molecule has 4 saturated heterocycles. The third kappa shape index (κ3) is 1.93. The van der Waals surface area contributed by atoms with Crippen LogP contribution < -0.4 is 4.90 Å². The number of benzene rings is 1. The lowest BCUT2D eigenvalue weighted by Crippen LogP contribution is -3.22. The van der Waals surface area contributed by atoms with Crippen LogP contribution in [0.3, 0.4) is 0 Å². The van der Waals surface area contributed by atoms with E-state index in [0.29, 0.717) is 10.8 Å². The molecule has 0 spiro atoms. The van der Waals surface area contributed by atoms with Crippen LogP contribution in [-0.4, -0.2) is 37.3 Å². The van der Waals surface area contributed by atoms with E-state index in [4.69, 9.17) is 0 Å². The zero-order valence-corrected chi connectivity index (χ0v) is 12.3. The van der Waals surface area contributed by atoms with Crippen LogP contribution in [0.5, 0.6) is 0 Å². The van der Waals surface area contributed by atoms with Gasteiger partial charge in [0.1, 0.15) is 6.54 Å². The summed E-state index contributed by atoms with van der Waals surface area (Å²) in [5.41, 5.74) is 2.71. The van der Waals surface area contributed by atoms with Gasteiger partial charge in [-0.2, -0.15) is 0 Å². The van der Waals surface area contributed by atoms with E-state index >= 15 is 0 Å². The predicted octanol–water partition coefficient (Wildman–Crippen LogP) is 1.29. The fraction of sp³-hybridized carbons (Fsp3) is 0.647. The van der Waals surface area contributed by atoms with Crippen molar-refractivity contribution < 1.29 is 9.38 Å². The molecule has 0 radical (unpaired) electrons. The second-order valence-electron chi connectivity index (χ2n) is 8.36. The molecule has 19 heavy (non-hydrogen) atoms. The summed E-state index contributed by atoms with van der Waals surface area (Å²) in [5.74, 6) is 0. The van der Waals surface area contributed by atoms with E-state index in [-0.39, 0.29) is 0 Å². The highest BCUT2D eigenvalue weighted by Crippen LogP contribution is 2.47. The second kappa shape index (κ2) is 3.62. The molecule has 0 aliphatic carbocycles. The SMILES string of the molecule is C[C@]12C[NH+]3C[C@](C)(C1)C[N+](Cc1ccccc1)(C3)C2. The molecule has 1 aromatic rings. The molecule has 4 heterocycles. The van der Waals surface area contributed by atoms with Crippen molar-refractivity contribution in [3.05, 3.63) is 35.9 Å². The van der Waals surface area contributed by atoms with Gasteiger partial charge in [-0.3, -0.25) is 9.38 Å². The first-order valence-corrected chi connectivity index (χ1v) is 7.71. The van der Waals surface area contributed by atoms with Crippen LogP contribution in [0.1, 0.15) is 25.8 Å². The Morgan fingerprint density at radius 2 is 1.68 bits per heavy atom. The van der Waals surface area contributed by atoms with Crippen molar-refractivity contribution in [1.82, 2.24) is 0 Å². The summed E-state index contributed by atoms with van der Waals surface area (Å²) in [6, 6.07) is 11.1. The van der Waals surface area contributed by atoms with Crippen molar-refractivity contribution in [2.75, 3.05) is 32.8 Å². The molecule has 5 rings (SSSR count). The van der Waals surface area contributed by atoms with Crippen molar-refractivity contribution in [2.24, 2.45) is 10.8 Å². The summed E-state index contributed by atoms with van der Waals surface area (Å²) in [6.07, 6.45) is 1.46. The Morgan fingerprint density at radius 3 is 2.26 bits per heavy atom. The fourth-order valence-electron chi connectivity index (χ4n) is 6.16. The molecule has 2 unspecified atom stereocenters. The Labute approximate surface area is 116 Å². The molecular weight excluding hydrogens is 232 g/mol. The van der Waals surface area contributed by atoms with Crippen molar-refractivity contribution in [3.8, 4) is 0 Å². The largest absolute Gasteiger partial charge is 0.287 e. The number of nitrogens with one attached hydrogen (secondary N) is 1. The maximum atomic E-state index is 2.54. The number of nitrogens with zero attached hydrogens (tertiary/aromatic N) is 1. The molecule has 1 aromatic carbocycles. The fourth-order valence-corrected chi connectivity index (χ4v) is 6.16. The Hall–Kier alpha value is -0.860. The highest BCUT2D eigenvalue weighted by atomic mass is 15.5. The molecule has 4 bridgehead atoms. The first-order valence-electron chi connectivity index (χ1n) is 7.71. The van der Waals surface area contributed by atoms with Gasteiger partial charge in [-0.25, -0.2) is 0 Å². The zero-order valence-electron chi connectivity index (χ0n) is 12.3. The molecule has 0 amide bonds. The maximum absolute atomic E-state index is 2.54. The van der Waals surface area contributed by atoms with E-state index in [1.165, 1.54) is 55.9 Å². The average molecular weight is 258 g/mol. The summed E-state index contributed by atoms with van der Waals surface area (Å²) < 4.78 is 1.34. The van der Waals surface area contributed by atoms with Crippen molar-refractivity contribution in [2.45, 2.75) is 26.8 Å². The lowest BCUT2D eigenvalue weighted by Gasteiger charge is -2.63. The van der Waals surface area contributed by atoms with Gasteiger partial charge in [-0.1, -0.05) is 30.3 Å². The summed E-state index contributed by atoms with van der Waals surface area (Å²) in [7, 11) is 0. The highest BCUT2D eigenvalue weighted by molar-refractivity contribution is 5.13. The van der Waals surface area contributed by atoms with Crippen molar-refractivity contribution >= 4 is 0 Å². The number of piperidine rings is 2. The summed E-state index contributed by atoms with van der Waals surface area (Å²) >= 11 is 0. The molecule has 0 saturated carbocycles. The smallest absolute Gasteiger partial charge is 0.206 e. The van der Waals surface area contributed by atoms with Gasteiger partial charge in [0.2, 0.25) is 6.67 Å². The van der Waals surface area contributed by atoms with Crippen LogP contribution in [0.2, 0.25) is 0 Å². The predicted molar refractivity (Wildman–Crippen MR) is 76.5 cm³/mol. The highest BCUT2D eigenvalue weighted by Gasteiger charge is 2.63. The van der Waals surface area contributed by atoms with Gasteiger partial charge in [0.25, 0.3) is 0 Å². The Morgan fingerprint density at radius 1 is 1.05 bits per heavy atom. The molecule has 4 fully saturated rings. The van der Waals surface area contributed by atoms with Gasteiger partial charge < -0.3 is 0 Å².